The predicted octanol–water partition coefficient (Wildman–Crippen LogP) is 5.91. The number of amides is 1. The van der Waals surface area contributed by atoms with E-state index in [-0.39, 0.29) is 17.2 Å². The average molecular weight is 454 g/mol. The molecule has 1 fully saturated rings. The van der Waals surface area contributed by atoms with Crippen molar-refractivity contribution in [2.24, 2.45) is 0 Å². The summed E-state index contributed by atoms with van der Waals surface area (Å²) in [5.41, 5.74) is 5.55. The number of hydrogen-bond donors (Lipinski definition) is 0. The van der Waals surface area contributed by atoms with Crippen molar-refractivity contribution in [2.75, 3.05) is 18.6 Å². The molecule has 0 aliphatic carbocycles. The lowest BCUT2D eigenvalue weighted by Gasteiger charge is -2.20. The maximum absolute atomic E-state index is 13.1. The number of imidazole rings is 1. The third-order valence-electron chi connectivity index (χ3n) is 6.71. The first-order chi connectivity index (χ1) is 16.3. The van der Waals surface area contributed by atoms with Crippen LogP contribution in [-0.4, -0.2) is 29.1 Å². The fraction of sp³-hybridized carbons (Fsp3) is 0.310. The first kappa shape index (κ1) is 22.2. The Bertz CT molecular complexity index is 1330. The van der Waals surface area contributed by atoms with Gasteiger partial charge in [-0.3, -0.25) is 4.79 Å². The van der Waals surface area contributed by atoms with Crippen molar-refractivity contribution >= 4 is 22.6 Å². The Morgan fingerprint density at radius 3 is 2.41 bits per heavy atom. The molecule has 2 heterocycles. The molecule has 0 bridgehead atoms. The van der Waals surface area contributed by atoms with Gasteiger partial charge in [-0.1, -0.05) is 69.3 Å². The van der Waals surface area contributed by atoms with E-state index in [9.17, 15) is 4.79 Å². The molecule has 0 radical (unpaired) electrons. The van der Waals surface area contributed by atoms with Crippen molar-refractivity contribution in [3.63, 3.8) is 0 Å². The van der Waals surface area contributed by atoms with Crippen molar-refractivity contribution in [3.8, 4) is 5.75 Å². The fourth-order valence-corrected chi connectivity index (χ4v) is 4.83. The minimum absolute atomic E-state index is 0.0126. The van der Waals surface area contributed by atoms with E-state index in [0.717, 1.165) is 29.1 Å². The average Bonchev–Trinajstić information content (AvgIpc) is 3.39. The van der Waals surface area contributed by atoms with Gasteiger partial charge in [0.2, 0.25) is 5.91 Å². The van der Waals surface area contributed by atoms with E-state index in [1.54, 1.807) is 7.11 Å². The Morgan fingerprint density at radius 1 is 0.971 bits per heavy atom. The molecule has 1 amide bonds. The number of aromatic nitrogens is 2. The van der Waals surface area contributed by atoms with Gasteiger partial charge in [0.05, 0.1) is 23.8 Å². The van der Waals surface area contributed by atoms with Crippen molar-refractivity contribution < 1.29 is 9.53 Å². The largest absolute Gasteiger partial charge is 0.495 e. The summed E-state index contributed by atoms with van der Waals surface area (Å²) in [6.07, 6.45) is 0.435. The van der Waals surface area contributed by atoms with Crippen molar-refractivity contribution in [2.45, 2.75) is 45.1 Å². The highest BCUT2D eigenvalue weighted by Gasteiger charge is 2.36. The van der Waals surface area contributed by atoms with Crippen LogP contribution in [0, 0.1) is 0 Å². The van der Waals surface area contributed by atoms with Gasteiger partial charge in [-0.2, -0.15) is 0 Å². The molecule has 174 valence electrons. The maximum atomic E-state index is 13.1. The van der Waals surface area contributed by atoms with E-state index in [1.807, 2.05) is 47.4 Å². The highest BCUT2D eigenvalue weighted by Crippen LogP contribution is 2.37. The number of ether oxygens (including phenoxy) is 1. The monoisotopic (exact) mass is 453 g/mol. The Morgan fingerprint density at radius 2 is 1.68 bits per heavy atom. The minimum atomic E-state index is 0.0126. The lowest BCUT2D eigenvalue weighted by Crippen LogP contribution is -2.25. The van der Waals surface area contributed by atoms with E-state index in [4.69, 9.17) is 9.72 Å². The highest BCUT2D eigenvalue weighted by molar-refractivity contribution is 5.97. The highest BCUT2D eigenvalue weighted by atomic mass is 16.5. The van der Waals surface area contributed by atoms with Crippen molar-refractivity contribution in [3.05, 3.63) is 89.7 Å². The van der Waals surface area contributed by atoms with Crippen LogP contribution in [0.25, 0.3) is 11.0 Å². The first-order valence-electron chi connectivity index (χ1n) is 11.8. The summed E-state index contributed by atoms with van der Waals surface area (Å²) in [6, 6.07) is 24.8. The molecule has 1 atom stereocenters. The number of para-hydroxylation sites is 4. The van der Waals surface area contributed by atoms with Crippen LogP contribution in [0.3, 0.4) is 0 Å². The summed E-state index contributed by atoms with van der Waals surface area (Å²) in [5, 5.41) is 0. The van der Waals surface area contributed by atoms with Gasteiger partial charge in [-0.15, -0.1) is 0 Å². The summed E-state index contributed by atoms with van der Waals surface area (Å²) in [4.78, 5) is 19.9. The van der Waals surface area contributed by atoms with Crippen LogP contribution in [0.1, 0.15) is 50.1 Å². The number of fused-ring (bicyclic) bond motifs is 1. The molecule has 1 unspecified atom stereocenters. The topological polar surface area (TPSA) is 47.4 Å². The lowest BCUT2D eigenvalue weighted by molar-refractivity contribution is -0.117. The SMILES string of the molecule is COc1ccccc1N1CC(c2nc3ccccc3n2Cc2ccc(C(C)(C)C)cc2)CC1=O. The molecule has 1 aromatic heterocycles. The molecule has 1 aliphatic heterocycles. The number of benzene rings is 3. The number of methoxy groups -OCH3 is 1. The zero-order valence-electron chi connectivity index (χ0n) is 20.3. The van der Waals surface area contributed by atoms with E-state index >= 15 is 0 Å². The molecule has 34 heavy (non-hydrogen) atoms. The standard InChI is InChI=1S/C29H31N3O2/c1-29(2,3)22-15-13-20(14-16-22)18-32-24-10-6-5-9-23(24)30-28(32)21-17-27(33)31(19-21)25-11-7-8-12-26(25)34-4/h5-16,21H,17-19H2,1-4H3. The number of anilines is 1. The van der Waals surface area contributed by atoms with Crippen LogP contribution in [0.5, 0.6) is 5.75 Å². The van der Waals surface area contributed by atoms with E-state index in [1.165, 1.54) is 11.1 Å². The van der Waals surface area contributed by atoms with Gasteiger partial charge in [-0.05, 0) is 40.8 Å². The molecule has 1 aliphatic rings. The third-order valence-corrected chi connectivity index (χ3v) is 6.71. The van der Waals surface area contributed by atoms with E-state index in [0.29, 0.717) is 18.7 Å². The molecule has 1 saturated heterocycles. The normalized spacial score (nSPS) is 16.4. The van der Waals surface area contributed by atoms with Gasteiger partial charge in [0, 0.05) is 25.4 Å². The van der Waals surface area contributed by atoms with Crippen LogP contribution in [0.4, 0.5) is 5.69 Å². The molecule has 0 N–H and O–H groups in total. The molecule has 0 saturated carbocycles. The van der Waals surface area contributed by atoms with Crippen LogP contribution < -0.4 is 9.64 Å². The summed E-state index contributed by atoms with van der Waals surface area (Å²) in [7, 11) is 1.64. The Balaban J connectivity index is 1.50. The Labute approximate surface area is 201 Å². The van der Waals surface area contributed by atoms with E-state index in [2.05, 4.69) is 55.7 Å². The molecule has 3 aromatic carbocycles. The van der Waals surface area contributed by atoms with Crippen LogP contribution in [-0.2, 0) is 16.8 Å². The summed E-state index contributed by atoms with van der Waals surface area (Å²) in [5.74, 6) is 1.79. The predicted molar refractivity (Wildman–Crippen MR) is 137 cm³/mol. The number of carbonyl (C=O) groups excluding carboxylic acids is 1. The smallest absolute Gasteiger partial charge is 0.227 e. The molecule has 5 nitrogen and oxygen atoms in total. The third kappa shape index (κ3) is 4.07. The number of carbonyl (C=O) groups is 1. The van der Waals surface area contributed by atoms with Crippen molar-refractivity contribution in [1.82, 2.24) is 9.55 Å². The summed E-state index contributed by atoms with van der Waals surface area (Å²) < 4.78 is 7.80. The molecule has 5 rings (SSSR count). The zero-order chi connectivity index (χ0) is 23.9. The fourth-order valence-electron chi connectivity index (χ4n) is 4.83. The number of rotatable bonds is 5. The van der Waals surface area contributed by atoms with Crippen LogP contribution in [0.15, 0.2) is 72.8 Å². The Kier molecular flexibility index (Phi) is 5.64. The number of hydrogen-bond acceptors (Lipinski definition) is 3. The lowest BCUT2D eigenvalue weighted by atomic mass is 9.87. The first-order valence-corrected chi connectivity index (χ1v) is 11.8. The van der Waals surface area contributed by atoms with Crippen LogP contribution in [0.2, 0.25) is 0 Å². The molecule has 5 heteroatoms. The summed E-state index contributed by atoms with van der Waals surface area (Å²) >= 11 is 0. The van der Waals surface area contributed by atoms with Gasteiger partial charge in [0.1, 0.15) is 11.6 Å². The van der Waals surface area contributed by atoms with Gasteiger partial charge in [0.25, 0.3) is 0 Å². The van der Waals surface area contributed by atoms with Gasteiger partial charge in [0.15, 0.2) is 0 Å². The number of nitrogens with zero attached hydrogens (tertiary/aromatic N) is 3. The molecular formula is C29H31N3O2. The zero-order valence-corrected chi connectivity index (χ0v) is 20.3. The summed E-state index contributed by atoms with van der Waals surface area (Å²) in [6.45, 7) is 8.00. The maximum Gasteiger partial charge on any atom is 0.227 e. The quantitative estimate of drug-likeness (QED) is 0.377. The molecule has 0 spiro atoms. The second-order valence-corrected chi connectivity index (χ2v) is 10.1. The van der Waals surface area contributed by atoms with Gasteiger partial charge < -0.3 is 14.2 Å². The van der Waals surface area contributed by atoms with Gasteiger partial charge >= 0.3 is 0 Å². The van der Waals surface area contributed by atoms with Gasteiger partial charge in [-0.25, -0.2) is 4.98 Å². The second kappa shape index (κ2) is 8.64. The Hall–Kier alpha value is -3.60. The van der Waals surface area contributed by atoms with Crippen LogP contribution >= 0.6 is 0 Å². The minimum Gasteiger partial charge on any atom is -0.495 e. The van der Waals surface area contributed by atoms with Crippen molar-refractivity contribution in [1.29, 1.82) is 0 Å². The van der Waals surface area contributed by atoms with E-state index < -0.39 is 0 Å². The second-order valence-electron chi connectivity index (χ2n) is 10.1. The molecular weight excluding hydrogens is 422 g/mol. The molecule has 4 aromatic rings.